The van der Waals surface area contributed by atoms with E-state index in [0.717, 1.165) is 38.9 Å². The molecule has 3 aromatic heterocycles. The lowest BCUT2D eigenvalue weighted by Gasteiger charge is -2.07. The van der Waals surface area contributed by atoms with Gasteiger partial charge in [0.25, 0.3) is 0 Å². The zero-order valence-corrected chi connectivity index (χ0v) is 13.7. The second kappa shape index (κ2) is 5.59. The third-order valence-electron chi connectivity index (χ3n) is 4.27. The summed E-state index contributed by atoms with van der Waals surface area (Å²) in [4.78, 5) is 12.2. The van der Waals surface area contributed by atoms with Gasteiger partial charge in [-0.15, -0.1) is 0 Å². The third kappa shape index (κ3) is 2.51. The van der Waals surface area contributed by atoms with Gasteiger partial charge in [-0.05, 0) is 36.4 Å². The van der Waals surface area contributed by atoms with Crippen molar-refractivity contribution in [1.82, 2.24) is 25.1 Å². The second-order valence-corrected chi connectivity index (χ2v) is 6.09. The smallest absolute Gasteiger partial charge is 0.161 e. The predicted molar refractivity (Wildman–Crippen MR) is 103 cm³/mol. The number of H-pyrrole nitrogens is 2. The minimum absolute atomic E-state index is 0.642. The van der Waals surface area contributed by atoms with Gasteiger partial charge in [0.15, 0.2) is 5.82 Å². The highest BCUT2D eigenvalue weighted by atomic mass is 15.1. The maximum absolute atomic E-state index is 5.82. The van der Waals surface area contributed by atoms with E-state index < -0.39 is 0 Å². The van der Waals surface area contributed by atoms with Gasteiger partial charge in [-0.2, -0.15) is 5.10 Å². The van der Waals surface area contributed by atoms with E-state index in [1.165, 1.54) is 0 Å². The SMILES string of the molecule is Nc1cc2ccc(-c3nccc(Nc4ccc5[nH]ncc5c4)n3)cc2[nH]1. The molecule has 0 saturated carbocycles. The fraction of sp³-hybridized carbons (Fsp3) is 0. The number of aromatic nitrogens is 5. The predicted octanol–water partition coefficient (Wildman–Crippen LogP) is 3.83. The van der Waals surface area contributed by atoms with Crippen molar-refractivity contribution in [1.29, 1.82) is 0 Å². The zero-order valence-electron chi connectivity index (χ0n) is 13.7. The Morgan fingerprint density at radius 1 is 0.923 bits per heavy atom. The number of fused-ring (bicyclic) bond motifs is 2. The molecule has 5 aromatic rings. The summed E-state index contributed by atoms with van der Waals surface area (Å²) in [5.41, 5.74) is 9.65. The van der Waals surface area contributed by atoms with Crippen LogP contribution in [0.25, 0.3) is 33.2 Å². The summed E-state index contributed by atoms with van der Waals surface area (Å²) in [5.74, 6) is 2.02. The Labute approximate surface area is 148 Å². The van der Waals surface area contributed by atoms with Gasteiger partial charge in [0, 0.05) is 33.7 Å². The summed E-state index contributed by atoms with van der Waals surface area (Å²) in [6.45, 7) is 0. The summed E-state index contributed by atoms with van der Waals surface area (Å²) in [6, 6.07) is 15.7. The highest BCUT2D eigenvalue weighted by Crippen LogP contribution is 2.25. The molecule has 126 valence electrons. The number of hydrogen-bond acceptors (Lipinski definition) is 5. The molecular weight excluding hydrogens is 326 g/mol. The Morgan fingerprint density at radius 3 is 2.85 bits per heavy atom. The van der Waals surface area contributed by atoms with Crippen LogP contribution in [-0.4, -0.2) is 25.1 Å². The Hall–Kier alpha value is -3.87. The maximum Gasteiger partial charge on any atom is 0.161 e. The van der Waals surface area contributed by atoms with Crippen molar-refractivity contribution >= 4 is 39.1 Å². The molecule has 0 saturated heterocycles. The molecule has 3 heterocycles. The van der Waals surface area contributed by atoms with Gasteiger partial charge in [-0.1, -0.05) is 12.1 Å². The molecule has 0 fully saturated rings. The van der Waals surface area contributed by atoms with Gasteiger partial charge in [0.1, 0.15) is 11.6 Å². The van der Waals surface area contributed by atoms with E-state index in [1.54, 1.807) is 12.4 Å². The minimum Gasteiger partial charge on any atom is -0.385 e. The van der Waals surface area contributed by atoms with Crippen molar-refractivity contribution in [3.05, 3.63) is 60.9 Å². The monoisotopic (exact) mass is 341 g/mol. The molecule has 0 aliphatic rings. The summed E-state index contributed by atoms with van der Waals surface area (Å²) in [6.07, 6.45) is 3.54. The minimum atomic E-state index is 0.642. The van der Waals surface area contributed by atoms with E-state index in [4.69, 9.17) is 5.73 Å². The van der Waals surface area contributed by atoms with Gasteiger partial charge in [0.05, 0.1) is 11.7 Å². The van der Waals surface area contributed by atoms with Crippen LogP contribution in [0.3, 0.4) is 0 Å². The van der Waals surface area contributed by atoms with E-state index in [0.29, 0.717) is 11.6 Å². The molecule has 0 unspecified atom stereocenters. The van der Waals surface area contributed by atoms with Gasteiger partial charge in [-0.3, -0.25) is 5.10 Å². The number of rotatable bonds is 3. The summed E-state index contributed by atoms with van der Waals surface area (Å²) in [7, 11) is 0. The van der Waals surface area contributed by atoms with Crippen molar-refractivity contribution in [3.8, 4) is 11.4 Å². The Balaban J connectivity index is 1.48. The number of anilines is 3. The van der Waals surface area contributed by atoms with Crippen molar-refractivity contribution in [2.75, 3.05) is 11.1 Å². The molecule has 26 heavy (non-hydrogen) atoms. The number of nitrogens with one attached hydrogen (secondary N) is 3. The second-order valence-electron chi connectivity index (χ2n) is 6.09. The zero-order chi connectivity index (χ0) is 17.5. The molecule has 0 aliphatic heterocycles. The first kappa shape index (κ1) is 14.5. The fourth-order valence-electron chi connectivity index (χ4n) is 3.02. The van der Waals surface area contributed by atoms with Gasteiger partial charge in [0.2, 0.25) is 0 Å². The number of nitrogen functional groups attached to an aromatic ring is 1. The molecule has 0 bridgehead atoms. The van der Waals surface area contributed by atoms with Crippen LogP contribution in [0.1, 0.15) is 0 Å². The fourth-order valence-corrected chi connectivity index (χ4v) is 3.02. The van der Waals surface area contributed by atoms with Crippen molar-refractivity contribution in [2.24, 2.45) is 0 Å². The van der Waals surface area contributed by atoms with Crippen LogP contribution < -0.4 is 11.1 Å². The van der Waals surface area contributed by atoms with E-state index in [-0.39, 0.29) is 0 Å². The summed E-state index contributed by atoms with van der Waals surface area (Å²) in [5, 5.41) is 12.4. The average molecular weight is 341 g/mol. The molecule has 0 radical (unpaired) electrons. The lowest BCUT2D eigenvalue weighted by atomic mass is 10.1. The van der Waals surface area contributed by atoms with Crippen LogP contribution in [0.5, 0.6) is 0 Å². The van der Waals surface area contributed by atoms with Crippen LogP contribution in [0.2, 0.25) is 0 Å². The molecule has 2 aromatic carbocycles. The number of nitrogens with zero attached hydrogens (tertiary/aromatic N) is 3. The number of aromatic amines is 2. The normalized spacial score (nSPS) is 11.2. The Morgan fingerprint density at radius 2 is 1.88 bits per heavy atom. The molecule has 7 nitrogen and oxygen atoms in total. The highest BCUT2D eigenvalue weighted by Gasteiger charge is 2.06. The van der Waals surface area contributed by atoms with E-state index in [1.807, 2.05) is 48.5 Å². The van der Waals surface area contributed by atoms with Crippen LogP contribution >= 0.6 is 0 Å². The van der Waals surface area contributed by atoms with Crippen LogP contribution in [-0.2, 0) is 0 Å². The highest BCUT2D eigenvalue weighted by molar-refractivity contribution is 5.87. The van der Waals surface area contributed by atoms with Gasteiger partial charge in [-0.25, -0.2) is 9.97 Å². The first-order chi connectivity index (χ1) is 12.7. The first-order valence-corrected chi connectivity index (χ1v) is 8.16. The molecule has 5 N–H and O–H groups in total. The number of hydrogen-bond donors (Lipinski definition) is 4. The van der Waals surface area contributed by atoms with Crippen molar-refractivity contribution < 1.29 is 0 Å². The maximum atomic E-state index is 5.82. The molecule has 0 aliphatic carbocycles. The van der Waals surface area contributed by atoms with Crippen molar-refractivity contribution in [3.63, 3.8) is 0 Å². The van der Waals surface area contributed by atoms with Gasteiger partial charge < -0.3 is 16.0 Å². The van der Waals surface area contributed by atoms with Crippen LogP contribution in [0.15, 0.2) is 60.9 Å². The number of nitrogens with two attached hydrogens (primary N) is 1. The molecule has 5 rings (SSSR count). The van der Waals surface area contributed by atoms with Crippen LogP contribution in [0, 0.1) is 0 Å². The van der Waals surface area contributed by atoms with Crippen molar-refractivity contribution in [2.45, 2.75) is 0 Å². The van der Waals surface area contributed by atoms with E-state index >= 15 is 0 Å². The molecule has 0 atom stereocenters. The lowest BCUT2D eigenvalue weighted by Crippen LogP contribution is -1.96. The average Bonchev–Trinajstić information content (AvgIpc) is 3.26. The van der Waals surface area contributed by atoms with Crippen LogP contribution in [0.4, 0.5) is 17.3 Å². The third-order valence-corrected chi connectivity index (χ3v) is 4.27. The largest absolute Gasteiger partial charge is 0.385 e. The molecule has 0 spiro atoms. The summed E-state index contributed by atoms with van der Waals surface area (Å²) < 4.78 is 0. The van der Waals surface area contributed by atoms with Gasteiger partial charge >= 0.3 is 0 Å². The quantitative estimate of drug-likeness (QED) is 0.399. The number of benzene rings is 2. The first-order valence-electron chi connectivity index (χ1n) is 8.16. The lowest BCUT2D eigenvalue weighted by molar-refractivity contribution is 1.12. The van der Waals surface area contributed by atoms with E-state index in [9.17, 15) is 0 Å². The standard InChI is InChI=1S/C19H15N7/c20-17-9-11-1-2-12(8-16(11)24-17)19-21-6-5-18(25-19)23-14-3-4-15-13(7-14)10-22-26-15/h1-10,24H,20H2,(H,22,26)(H,21,23,25). The molecular formula is C19H15N7. The topological polar surface area (TPSA) is 108 Å². The molecule has 7 heteroatoms. The van der Waals surface area contributed by atoms with E-state index in [2.05, 4.69) is 30.5 Å². The Kier molecular flexibility index (Phi) is 3.11. The summed E-state index contributed by atoms with van der Waals surface area (Å²) >= 11 is 0. The Bertz CT molecular complexity index is 1240. The molecule has 0 amide bonds.